The highest BCUT2D eigenvalue weighted by Gasteiger charge is 2.04. The van der Waals surface area contributed by atoms with Gasteiger partial charge in [0.1, 0.15) is 18.1 Å². The van der Waals surface area contributed by atoms with Gasteiger partial charge in [0, 0.05) is 28.7 Å². The van der Waals surface area contributed by atoms with Crippen molar-refractivity contribution >= 4 is 16.6 Å². The Morgan fingerprint density at radius 3 is 2.73 bits per heavy atom. The van der Waals surface area contributed by atoms with Gasteiger partial charge >= 0.3 is 0 Å². The van der Waals surface area contributed by atoms with E-state index in [9.17, 15) is 4.79 Å². The number of nitrogens with one attached hydrogen (secondary N) is 1. The molecular weight excluding hydrogens is 280 g/mol. The number of nitrogens with two attached hydrogens (primary N) is 1. The lowest BCUT2D eigenvalue weighted by Gasteiger charge is -2.09. The number of hydrogen-bond acceptors (Lipinski definition) is 4. The normalized spacial score (nSPS) is 10.6. The summed E-state index contributed by atoms with van der Waals surface area (Å²) in [4.78, 5) is 15.3. The molecule has 0 aliphatic rings. The highest BCUT2D eigenvalue weighted by molar-refractivity contribution is 5.81. The van der Waals surface area contributed by atoms with Crippen LogP contribution in [-0.2, 0) is 6.61 Å². The number of benzene rings is 2. The number of aromatic amines is 1. The van der Waals surface area contributed by atoms with E-state index in [0.717, 1.165) is 11.3 Å². The Balaban J connectivity index is 1.85. The summed E-state index contributed by atoms with van der Waals surface area (Å²) in [5, 5.41) is 0.574. The molecule has 0 unspecified atom stereocenters. The molecule has 0 saturated carbocycles. The Kier molecular flexibility index (Phi) is 3.70. The lowest BCUT2D eigenvalue weighted by Crippen LogP contribution is -2.08. The zero-order valence-electron chi connectivity index (χ0n) is 12.1. The zero-order valence-corrected chi connectivity index (χ0v) is 12.1. The Morgan fingerprint density at radius 1 is 1.09 bits per heavy atom. The average molecular weight is 296 g/mol. The van der Waals surface area contributed by atoms with Gasteiger partial charge in [-0.15, -0.1) is 0 Å². The molecule has 5 nitrogen and oxygen atoms in total. The van der Waals surface area contributed by atoms with Gasteiger partial charge in [-0.05, 0) is 30.3 Å². The van der Waals surface area contributed by atoms with Crippen LogP contribution in [-0.4, -0.2) is 12.1 Å². The van der Waals surface area contributed by atoms with E-state index in [-0.39, 0.29) is 12.0 Å². The highest BCUT2D eigenvalue weighted by Crippen LogP contribution is 2.20. The van der Waals surface area contributed by atoms with Gasteiger partial charge in [-0.3, -0.25) is 4.79 Å². The van der Waals surface area contributed by atoms with E-state index in [1.165, 1.54) is 6.07 Å². The van der Waals surface area contributed by atoms with Crippen molar-refractivity contribution < 1.29 is 9.47 Å². The lowest BCUT2D eigenvalue weighted by molar-refractivity contribution is 0.299. The molecule has 1 aromatic heterocycles. The van der Waals surface area contributed by atoms with Gasteiger partial charge in [-0.25, -0.2) is 0 Å². The van der Waals surface area contributed by atoms with Crippen molar-refractivity contribution in [2.24, 2.45) is 0 Å². The molecule has 0 atom stereocenters. The van der Waals surface area contributed by atoms with Crippen LogP contribution >= 0.6 is 0 Å². The molecule has 2 aromatic carbocycles. The van der Waals surface area contributed by atoms with Crippen molar-refractivity contribution in [3.63, 3.8) is 0 Å². The molecule has 22 heavy (non-hydrogen) atoms. The van der Waals surface area contributed by atoms with Gasteiger partial charge in [0.2, 0.25) is 0 Å². The van der Waals surface area contributed by atoms with Crippen LogP contribution in [0.15, 0.2) is 53.3 Å². The van der Waals surface area contributed by atoms with Crippen molar-refractivity contribution in [1.82, 2.24) is 4.98 Å². The first kappa shape index (κ1) is 14.0. The van der Waals surface area contributed by atoms with E-state index in [0.29, 0.717) is 22.5 Å². The number of ether oxygens (including phenoxy) is 2. The van der Waals surface area contributed by atoms with Crippen molar-refractivity contribution in [1.29, 1.82) is 0 Å². The number of methoxy groups -OCH3 is 1. The molecule has 0 amide bonds. The Labute approximate surface area is 127 Å². The second kappa shape index (κ2) is 5.81. The average Bonchev–Trinajstić information content (AvgIpc) is 2.54. The summed E-state index contributed by atoms with van der Waals surface area (Å²) in [5.74, 6) is 1.40. The molecule has 112 valence electrons. The van der Waals surface area contributed by atoms with Crippen LogP contribution in [0.4, 0.5) is 5.69 Å². The van der Waals surface area contributed by atoms with Crippen molar-refractivity contribution in [3.8, 4) is 11.5 Å². The molecule has 0 bridgehead atoms. The summed E-state index contributed by atoms with van der Waals surface area (Å²) in [5.41, 5.74) is 7.63. The Hall–Kier alpha value is -2.95. The van der Waals surface area contributed by atoms with Crippen molar-refractivity contribution in [2.45, 2.75) is 6.61 Å². The quantitative estimate of drug-likeness (QED) is 0.726. The summed E-state index contributed by atoms with van der Waals surface area (Å²) < 4.78 is 10.8. The predicted molar refractivity (Wildman–Crippen MR) is 86.3 cm³/mol. The van der Waals surface area contributed by atoms with Crippen LogP contribution < -0.4 is 20.6 Å². The van der Waals surface area contributed by atoms with Gasteiger partial charge in [-0.2, -0.15) is 0 Å². The number of H-pyrrole nitrogens is 1. The third-order valence-corrected chi connectivity index (χ3v) is 3.35. The fourth-order valence-corrected chi connectivity index (χ4v) is 2.25. The maximum atomic E-state index is 12.1. The summed E-state index contributed by atoms with van der Waals surface area (Å²) in [7, 11) is 1.60. The van der Waals surface area contributed by atoms with Crippen LogP contribution in [0.1, 0.15) is 5.69 Å². The molecule has 3 N–H and O–H groups in total. The minimum Gasteiger partial charge on any atom is -0.497 e. The fourth-order valence-electron chi connectivity index (χ4n) is 2.25. The molecule has 0 aliphatic carbocycles. The summed E-state index contributed by atoms with van der Waals surface area (Å²) in [6, 6.07) is 14.1. The van der Waals surface area contributed by atoms with Gasteiger partial charge in [0.05, 0.1) is 12.8 Å². The number of hydrogen-bond donors (Lipinski definition) is 2. The monoisotopic (exact) mass is 296 g/mol. The zero-order chi connectivity index (χ0) is 15.5. The van der Waals surface area contributed by atoms with E-state index >= 15 is 0 Å². The second-order valence-electron chi connectivity index (χ2n) is 4.93. The molecule has 0 aliphatic heterocycles. The number of fused-ring (bicyclic) bond motifs is 1. The number of anilines is 1. The number of aromatic nitrogens is 1. The molecule has 0 fully saturated rings. The topological polar surface area (TPSA) is 77.3 Å². The van der Waals surface area contributed by atoms with E-state index in [1.54, 1.807) is 31.4 Å². The van der Waals surface area contributed by atoms with Crippen molar-refractivity contribution in [3.05, 3.63) is 64.4 Å². The second-order valence-corrected chi connectivity index (χ2v) is 4.93. The Bertz CT molecular complexity index is 871. The first-order valence-electron chi connectivity index (χ1n) is 6.84. The highest BCUT2D eigenvalue weighted by atomic mass is 16.5. The molecule has 0 radical (unpaired) electrons. The lowest BCUT2D eigenvalue weighted by atomic mass is 10.2. The van der Waals surface area contributed by atoms with Crippen molar-refractivity contribution in [2.75, 3.05) is 12.8 Å². The van der Waals surface area contributed by atoms with E-state index in [1.807, 2.05) is 18.2 Å². The van der Waals surface area contributed by atoms with Gasteiger partial charge in [-0.1, -0.05) is 6.07 Å². The third-order valence-electron chi connectivity index (χ3n) is 3.35. The van der Waals surface area contributed by atoms with Crippen LogP contribution in [0.5, 0.6) is 11.5 Å². The van der Waals surface area contributed by atoms with E-state index < -0.39 is 0 Å². The molecule has 3 rings (SSSR count). The minimum absolute atomic E-state index is 0.0784. The van der Waals surface area contributed by atoms with Crippen LogP contribution in [0.3, 0.4) is 0 Å². The maximum absolute atomic E-state index is 12.1. The predicted octanol–water partition coefficient (Wildman–Crippen LogP) is 2.70. The molecule has 0 spiro atoms. The maximum Gasteiger partial charge on any atom is 0.189 e. The number of pyridine rings is 1. The molecule has 3 aromatic rings. The molecular formula is C17H16N2O3. The SMILES string of the molecule is COc1cccc(OCc2cc(=O)c3cc(N)ccc3[nH]2)c1. The van der Waals surface area contributed by atoms with Gasteiger partial charge in [0.15, 0.2) is 5.43 Å². The molecule has 5 heteroatoms. The molecule has 1 heterocycles. The van der Waals surface area contributed by atoms with E-state index in [2.05, 4.69) is 4.98 Å². The Morgan fingerprint density at radius 2 is 1.91 bits per heavy atom. The van der Waals surface area contributed by atoms with E-state index in [4.69, 9.17) is 15.2 Å². The summed E-state index contributed by atoms with van der Waals surface area (Å²) in [6.45, 7) is 0.267. The van der Waals surface area contributed by atoms with Crippen LogP contribution in [0.25, 0.3) is 10.9 Å². The van der Waals surface area contributed by atoms with Crippen LogP contribution in [0.2, 0.25) is 0 Å². The third kappa shape index (κ3) is 2.88. The summed E-state index contributed by atoms with van der Waals surface area (Å²) >= 11 is 0. The standard InChI is InChI=1S/C17H16N2O3/c1-21-13-3-2-4-14(9-13)22-10-12-8-17(20)15-7-11(18)5-6-16(15)19-12/h2-9H,10,18H2,1H3,(H,19,20). The minimum atomic E-state index is -0.0784. The first-order valence-corrected chi connectivity index (χ1v) is 6.84. The number of nitrogen functional groups attached to an aromatic ring is 1. The van der Waals surface area contributed by atoms with Gasteiger partial charge in [0.25, 0.3) is 0 Å². The first-order chi connectivity index (χ1) is 10.7. The van der Waals surface area contributed by atoms with Crippen LogP contribution in [0, 0.1) is 0 Å². The van der Waals surface area contributed by atoms with Gasteiger partial charge < -0.3 is 20.2 Å². The largest absolute Gasteiger partial charge is 0.497 e. The number of rotatable bonds is 4. The fraction of sp³-hybridized carbons (Fsp3) is 0.118. The smallest absolute Gasteiger partial charge is 0.189 e. The summed E-state index contributed by atoms with van der Waals surface area (Å²) in [6.07, 6.45) is 0. The molecule has 0 saturated heterocycles.